The highest BCUT2D eigenvalue weighted by Crippen LogP contribution is 2.40. The van der Waals surface area contributed by atoms with Crippen LogP contribution in [0.15, 0.2) is 10.6 Å². The summed E-state index contributed by atoms with van der Waals surface area (Å²) in [5, 5.41) is 6.80. The molecule has 1 fully saturated rings. The maximum Gasteiger partial charge on any atom is 0.253 e. The van der Waals surface area contributed by atoms with Crippen LogP contribution in [-0.2, 0) is 6.54 Å². The third-order valence-electron chi connectivity index (χ3n) is 4.00. The van der Waals surface area contributed by atoms with E-state index in [1.807, 2.05) is 6.07 Å². The van der Waals surface area contributed by atoms with Gasteiger partial charge in [0.25, 0.3) is 5.91 Å². The van der Waals surface area contributed by atoms with Crippen LogP contribution in [0, 0.1) is 13.8 Å². The Kier molecular flexibility index (Phi) is 3.60. The van der Waals surface area contributed by atoms with Crippen LogP contribution in [0.2, 0.25) is 0 Å². The van der Waals surface area contributed by atoms with Crippen molar-refractivity contribution in [2.75, 3.05) is 0 Å². The molecule has 0 aliphatic heterocycles. The predicted octanol–water partition coefficient (Wildman–Crippen LogP) is 2.63. The Morgan fingerprint density at radius 2 is 2.14 bits per heavy atom. The zero-order valence-corrected chi connectivity index (χ0v) is 12.9. The third kappa shape index (κ3) is 2.68. The van der Waals surface area contributed by atoms with Gasteiger partial charge in [-0.1, -0.05) is 5.16 Å². The maximum atomic E-state index is 12.3. The van der Waals surface area contributed by atoms with Crippen molar-refractivity contribution in [3.63, 3.8) is 0 Å². The predicted molar refractivity (Wildman–Crippen MR) is 79.9 cm³/mol. The molecule has 116 valence electrons. The van der Waals surface area contributed by atoms with Gasteiger partial charge in [-0.25, -0.2) is 0 Å². The average Bonchev–Trinajstić information content (AvgIpc) is 3.13. The van der Waals surface area contributed by atoms with Crippen LogP contribution < -0.4 is 5.32 Å². The van der Waals surface area contributed by atoms with Crippen molar-refractivity contribution in [3.05, 3.63) is 40.0 Å². The number of nitrogens with zero attached hydrogens (tertiary/aromatic N) is 1. The van der Waals surface area contributed by atoms with Crippen molar-refractivity contribution in [2.24, 2.45) is 0 Å². The van der Waals surface area contributed by atoms with E-state index in [-0.39, 0.29) is 11.7 Å². The van der Waals surface area contributed by atoms with Gasteiger partial charge in [0, 0.05) is 24.6 Å². The minimum Gasteiger partial charge on any atom is -0.361 e. The van der Waals surface area contributed by atoms with E-state index in [1.165, 1.54) is 6.92 Å². The van der Waals surface area contributed by atoms with Crippen LogP contribution in [0.3, 0.4) is 0 Å². The number of H-pyrrole nitrogens is 1. The molecule has 22 heavy (non-hydrogen) atoms. The molecule has 2 aromatic rings. The van der Waals surface area contributed by atoms with E-state index < -0.39 is 0 Å². The topological polar surface area (TPSA) is 88.0 Å². The van der Waals surface area contributed by atoms with Gasteiger partial charge >= 0.3 is 0 Å². The Labute approximate surface area is 128 Å². The maximum absolute atomic E-state index is 12.3. The SMILES string of the molecule is CC(=O)c1[nH]c(C)c(C(=O)NCc2cc(C3CC3)on2)c1C. The van der Waals surface area contributed by atoms with Crippen molar-refractivity contribution in [1.82, 2.24) is 15.5 Å². The van der Waals surface area contributed by atoms with Crippen LogP contribution >= 0.6 is 0 Å². The first-order valence-corrected chi connectivity index (χ1v) is 7.41. The number of carbonyl (C=O) groups excluding carboxylic acids is 2. The second kappa shape index (κ2) is 5.44. The van der Waals surface area contributed by atoms with Crippen LogP contribution in [0.25, 0.3) is 0 Å². The lowest BCUT2D eigenvalue weighted by molar-refractivity contribution is 0.0949. The molecule has 2 aromatic heterocycles. The molecule has 0 radical (unpaired) electrons. The first-order chi connectivity index (χ1) is 10.5. The van der Waals surface area contributed by atoms with Crippen LogP contribution in [0.5, 0.6) is 0 Å². The van der Waals surface area contributed by atoms with Crippen molar-refractivity contribution in [3.8, 4) is 0 Å². The number of aromatic amines is 1. The van der Waals surface area contributed by atoms with Gasteiger partial charge in [-0.15, -0.1) is 0 Å². The van der Waals surface area contributed by atoms with Gasteiger partial charge in [0.2, 0.25) is 0 Å². The number of nitrogens with one attached hydrogen (secondary N) is 2. The monoisotopic (exact) mass is 301 g/mol. The standard InChI is InChI=1S/C16H19N3O3/c1-8-14(9(2)18-15(8)10(3)20)16(21)17-7-12-6-13(22-19-12)11-4-5-11/h6,11,18H,4-5,7H2,1-3H3,(H,17,21). The molecule has 3 rings (SSSR count). The number of ketones is 1. The van der Waals surface area contributed by atoms with Gasteiger partial charge in [-0.05, 0) is 32.3 Å². The Morgan fingerprint density at radius 1 is 1.41 bits per heavy atom. The minimum atomic E-state index is -0.213. The summed E-state index contributed by atoms with van der Waals surface area (Å²) in [6.07, 6.45) is 2.30. The molecule has 0 spiro atoms. The summed E-state index contributed by atoms with van der Waals surface area (Å²) in [7, 11) is 0. The first-order valence-electron chi connectivity index (χ1n) is 7.41. The lowest BCUT2D eigenvalue weighted by Gasteiger charge is -2.04. The normalized spacial score (nSPS) is 14.1. The van der Waals surface area contributed by atoms with E-state index in [0.717, 1.165) is 18.6 Å². The summed E-state index contributed by atoms with van der Waals surface area (Å²) >= 11 is 0. The summed E-state index contributed by atoms with van der Waals surface area (Å²) in [5.41, 5.74) is 3.10. The fourth-order valence-electron chi connectivity index (χ4n) is 2.67. The molecular formula is C16H19N3O3. The van der Waals surface area contributed by atoms with Crippen LogP contribution in [0.1, 0.15) is 69.2 Å². The molecule has 0 aromatic carbocycles. The van der Waals surface area contributed by atoms with Gasteiger partial charge in [0.15, 0.2) is 5.78 Å². The lowest BCUT2D eigenvalue weighted by Crippen LogP contribution is -2.24. The molecular weight excluding hydrogens is 282 g/mol. The molecule has 1 aliphatic carbocycles. The molecule has 6 heteroatoms. The molecule has 0 atom stereocenters. The highest BCUT2D eigenvalue weighted by Gasteiger charge is 2.28. The second-order valence-electron chi connectivity index (χ2n) is 5.86. The number of carbonyl (C=O) groups is 2. The van der Waals surface area contributed by atoms with Crippen molar-refractivity contribution < 1.29 is 14.1 Å². The molecule has 0 saturated heterocycles. The van der Waals surface area contributed by atoms with E-state index >= 15 is 0 Å². The summed E-state index contributed by atoms with van der Waals surface area (Å²) in [6.45, 7) is 5.36. The Morgan fingerprint density at radius 3 is 2.73 bits per heavy atom. The smallest absolute Gasteiger partial charge is 0.253 e. The zero-order chi connectivity index (χ0) is 15.9. The number of hydrogen-bond donors (Lipinski definition) is 2. The fourth-order valence-corrected chi connectivity index (χ4v) is 2.67. The minimum absolute atomic E-state index is 0.0785. The van der Waals surface area contributed by atoms with Crippen molar-refractivity contribution in [1.29, 1.82) is 0 Å². The van der Waals surface area contributed by atoms with Gasteiger partial charge < -0.3 is 14.8 Å². The third-order valence-corrected chi connectivity index (χ3v) is 4.00. The molecule has 1 aliphatic rings. The molecule has 6 nitrogen and oxygen atoms in total. The summed E-state index contributed by atoms with van der Waals surface area (Å²) in [4.78, 5) is 26.8. The molecule has 1 saturated carbocycles. The second-order valence-corrected chi connectivity index (χ2v) is 5.86. The largest absolute Gasteiger partial charge is 0.361 e. The summed E-state index contributed by atoms with van der Waals surface area (Å²) < 4.78 is 5.26. The number of aryl methyl sites for hydroxylation is 1. The molecule has 1 amide bonds. The summed E-state index contributed by atoms with van der Waals surface area (Å²) in [5.74, 6) is 1.11. The number of hydrogen-bond acceptors (Lipinski definition) is 4. The highest BCUT2D eigenvalue weighted by molar-refractivity contribution is 6.02. The Bertz CT molecular complexity index is 738. The molecule has 2 heterocycles. The number of aromatic nitrogens is 2. The van der Waals surface area contributed by atoms with Gasteiger partial charge in [-0.3, -0.25) is 9.59 Å². The van der Waals surface area contributed by atoms with Crippen LogP contribution in [-0.4, -0.2) is 21.8 Å². The zero-order valence-electron chi connectivity index (χ0n) is 12.9. The van der Waals surface area contributed by atoms with Crippen molar-refractivity contribution in [2.45, 2.75) is 46.1 Å². The first kappa shape index (κ1) is 14.6. The quantitative estimate of drug-likeness (QED) is 0.831. The fraction of sp³-hybridized carbons (Fsp3) is 0.438. The Hall–Kier alpha value is -2.37. The van der Waals surface area contributed by atoms with E-state index in [1.54, 1.807) is 13.8 Å². The highest BCUT2D eigenvalue weighted by atomic mass is 16.5. The van der Waals surface area contributed by atoms with E-state index in [2.05, 4.69) is 15.5 Å². The number of Topliss-reactive ketones (excluding diaryl/α,β-unsaturated/α-hetero) is 1. The number of rotatable bonds is 5. The van der Waals surface area contributed by atoms with E-state index in [4.69, 9.17) is 4.52 Å². The molecule has 2 N–H and O–H groups in total. The lowest BCUT2D eigenvalue weighted by atomic mass is 10.1. The average molecular weight is 301 g/mol. The number of amides is 1. The summed E-state index contributed by atoms with van der Waals surface area (Å²) in [6, 6.07) is 1.90. The van der Waals surface area contributed by atoms with Gasteiger partial charge in [0.05, 0.1) is 17.8 Å². The van der Waals surface area contributed by atoms with Gasteiger partial charge in [0.1, 0.15) is 11.5 Å². The molecule has 0 bridgehead atoms. The van der Waals surface area contributed by atoms with Crippen LogP contribution in [0.4, 0.5) is 0 Å². The molecule has 0 unspecified atom stereocenters. The van der Waals surface area contributed by atoms with Gasteiger partial charge in [-0.2, -0.15) is 0 Å². The van der Waals surface area contributed by atoms with E-state index in [9.17, 15) is 9.59 Å². The van der Waals surface area contributed by atoms with Crippen molar-refractivity contribution >= 4 is 11.7 Å². The Balaban J connectivity index is 1.70. The van der Waals surface area contributed by atoms with E-state index in [0.29, 0.717) is 40.7 Å².